The summed E-state index contributed by atoms with van der Waals surface area (Å²) in [5, 5.41) is 13.1. The fourth-order valence-corrected chi connectivity index (χ4v) is 2.65. The van der Waals surface area contributed by atoms with Crippen LogP contribution in [0, 0.1) is 0 Å². The van der Waals surface area contributed by atoms with Crippen LogP contribution in [-0.4, -0.2) is 30.3 Å². The van der Waals surface area contributed by atoms with Crippen LogP contribution in [0.5, 0.6) is 5.75 Å². The second kappa shape index (κ2) is 6.13. The number of carbonyl (C=O) groups is 1. The van der Waals surface area contributed by atoms with E-state index >= 15 is 0 Å². The number of anilines is 1. The lowest BCUT2D eigenvalue weighted by Crippen LogP contribution is -2.44. The summed E-state index contributed by atoms with van der Waals surface area (Å²) in [4.78, 5) is 12.2. The minimum atomic E-state index is -0.776. The van der Waals surface area contributed by atoms with Gasteiger partial charge in [-0.1, -0.05) is 25.3 Å². The minimum Gasteiger partial charge on any atom is -0.495 e. The highest BCUT2D eigenvalue weighted by Gasteiger charge is 2.29. The molecule has 110 valence electrons. The SMILES string of the molecule is COc1cccc(C(=O)NCC2(O)CCCCC2)c1N. The van der Waals surface area contributed by atoms with Gasteiger partial charge in [0.05, 0.1) is 24.0 Å². The third kappa shape index (κ3) is 3.22. The van der Waals surface area contributed by atoms with E-state index in [1.54, 1.807) is 18.2 Å². The summed E-state index contributed by atoms with van der Waals surface area (Å²) < 4.78 is 5.10. The molecule has 0 unspecified atom stereocenters. The number of carbonyl (C=O) groups excluding carboxylic acids is 1. The summed E-state index contributed by atoms with van der Waals surface area (Å²) >= 11 is 0. The fraction of sp³-hybridized carbons (Fsp3) is 0.533. The number of nitrogen functional groups attached to an aromatic ring is 1. The number of amides is 1. The topological polar surface area (TPSA) is 84.6 Å². The summed E-state index contributed by atoms with van der Waals surface area (Å²) in [5.41, 5.74) is 5.81. The summed E-state index contributed by atoms with van der Waals surface area (Å²) in [6, 6.07) is 5.08. The van der Waals surface area contributed by atoms with E-state index in [-0.39, 0.29) is 12.5 Å². The molecule has 0 aromatic heterocycles. The van der Waals surface area contributed by atoms with Gasteiger partial charge in [0.2, 0.25) is 0 Å². The number of hydrogen-bond donors (Lipinski definition) is 3. The van der Waals surface area contributed by atoms with Crippen LogP contribution in [0.25, 0.3) is 0 Å². The van der Waals surface area contributed by atoms with Crippen molar-refractivity contribution in [3.63, 3.8) is 0 Å². The van der Waals surface area contributed by atoms with Crippen molar-refractivity contribution in [2.75, 3.05) is 19.4 Å². The summed E-state index contributed by atoms with van der Waals surface area (Å²) in [7, 11) is 1.51. The van der Waals surface area contributed by atoms with E-state index in [2.05, 4.69) is 5.32 Å². The van der Waals surface area contributed by atoms with Crippen molar-refractivity contribution in [3.05, 3.63) is 23.8 Å². The van der Waals surface area contributed by atoms with Crippen LogP contribution in [0.4, 0.5) is 5.69 Å². The second-order valence-corrected chi connectivity index (χ2v) is 5.39. The van der Waals surface area contributed by atoms with Crippen LogP contribution >= 0.6 is 0 Å². The molecule has 20 heavy (non-hydrogen) atoms. The molecule has 0 saturated heterocycles. The Morgan fingerprint density at radius 1 is 1.40 bits per heavy atom. The standard InChI is InChI=1S/C15H22N2O3/c1-20-12-7-5-6-11(13(12)16)14(18)17-10-15(19)8-3-2-4-9-15/h5-7,19H,2-4,8-10,16H2,1H3,(H,17,18). The van der Waals surface area contributed by atoms with Gasteiger partial charge in [-0.15, -0.1) is 0 Å². The molecule has 0 atom stereocenters. The van der Waals surface area contributed by atoms with Crippen LogP contribution in [-0.2, 0) is 0 Å². The molecule has 1 saturated carbocycles. The molecule has 1 fully saturated rings. The van der Waals surface area contributed by atoms with Crippen LogP contribution < -0.4 is 15.8 Å². The normalized spacial score (nSPS) is 17.5. The zero-order valence-electron chi connectivity index (χ0n) is 11.8. The Morgan fingerprint density at radius 2 is 2.10 bits per heavy atom. The Kier molecular flexibility index (Phi) is 4.49. The maximum absolute atomic E-state index is 12.2. The average molecular weight is 278 g/mol. The van der Waals surface area contributed by atoms with E-state index in [4.69, 9.17) is 10.5 Å². The lowest BCUT2D eigenvalue weighted by molar-refractivity contribution is 0.00526. The predicted molar refractivity (Wildman–Crippen MR) is 77.8 cm³/mol. The first kappa shape index (κ1) is 14.7. The number of ether oxygens (including phenoxy) is 1. The van der Waals surface area contributed by atoms with Gasteiger partial charge in [-0.3, -0.25) is 4.79 Å². The second-order valence-electron chi connectivity index (χ2n) is 5.39. The number of aliphatic hydroxyl groups is 1. The van der Waals surface area contributed by atoms with Crippen LogP contribution in [0.2, 0.25) is 0 Å². The quantitative estimate of drug-likeness (QED) is 0.732. The van der Waals surface area contributed by atoms with E-state index in [9.17, 15) is 9.90 Å². The fourth-order valence-electron chi connectivity index (χ4n) is 2.65. The number of nitrogens with two attached hydrogens (primary N) is 1. The van der Waals surface area contributed by atoms with E-state index in [1.165, 1.54) is 7.11 Å². The molecular weight excluding hydrogens is 256 g/mol. The number of para-hydroxylation sites is 1. The molecule has 5 heteroatoms. The van der Waals surface area contributed by atoms with Gasteiger partial charge in [-0.2, -0.15) is 0 Å². The molecule has 0 bridgehead atoms. The molecule has 4 N–H and O–H groups in total. The maximum Gasteiger partial charge on any atom is 0.253 e. The molecule has 0 heterocycles. The average Bonchev–Trinajstić information content (AvgIpc) is 2.46. The van der Waals surface area contributed by atoms with Gasteiger partial charge < -0.3 is 20.9 Å². The van der Waals surface area contributed by atoms with Crippen LogP contribution in [0.3, 0.4) is 0 Å². The molecular formula is C15H22N2O3. The van der Waals surface area contributed by atoms with Crippen LogP contribution in [0.15, 0.2) is 18.2 Å². The van der Waals surface area contributed by atoms with Crippen molar-refractivity contribution >= 4 is 11.6 Å². The first-order valence-corrected chi connectivity index (χ1v) is 6.99. The minimum absolute atomic E-state index is 0.266. The highest BCUT2D eigenvalue weighted by Crippen LogP contribution is 2.28. The summed E-state index contributed by atoms with van der Waals surface area (Å²) in [6.45, 7) is 0.266. The van der Waals surface area contributed by atoms with Crippen molar-refractivity contribution in [3.8, 4) is 5.75 Å². The van der Waals surface area contributed by atoms with E-state index in [0.29, 0.717) is 17.0 Å². The highest BCUT2D eigenvalue weighted by molar-refractivity contribution is 6.00. The Bertz CT molecular complexity index is 482. The van der Waals surface area contributed by atoms with Crippen molar-refractivity contribution in [1.29, 1.82) is 0 Å². The maximum atomic E-state index is 12.2. The van der Waals surface area contributed by atoms with Gasteiger partial charge in [-0.05, 0) is 25.0 Å². The van der Waals surface area contributed by atoms with Gasteiger partial charge in [0.25, 0.3) is 5.91 Å². The largest absolute Gasteiger partial charge is 0.495 e. The lowest BCUT2D eigenvalue weighted by Gasteiger charge is -2.32. The third-order valence-electron chi connectivity index (χ3n) is 3.89. The van der Waals surface area contributed by atoms with Gasteiger partial charge in [0, 0.05) is 6.54 Å². The van der Waals surface area contributed by atoms with Gasteiger partial charge in [-0.25, -0.2) is 0 Å². The first-order valence-electron chi connectivity index (χ1n) is 6.99. The smallest absolute Gasteiger partial charge is 0.253 e. The van der Waals surface area contributed by atoms with Crippen molar-refractivity contribution in [1.82, 2.24) is 5.32 Å². The molecule has 1 amide bonds. The molecule has 1 aromatic rings. The molecule has 0 aliphatic heterocycles. The van der Waals surface area contributed by atoms with Gasteiger partial charge in [0.15, 0.2) is 0 Å². The molecule has 1 aromatic carbocycles. The third-order valence-corrected chi connectivity index (χ3v) is 3.89. The van der Waals surface area contributed by atoms with Crippen molar-refractivity contribution in [2.24, 2.45) is 0 Å². The Hall–Kier alpha value is -1.75. The Balaban J connectivity index is 2.01. The van der Waals surface area contributed by atoms with E-state index < -0.39 is 5.60 Å². The Morgan fingerprint density at radius 3 is 2.75 bits per heavy atom. The van der Waals surface area contributed by atoms with Crippen molar-refractivity contribution in [2.45, 2.75) is 37.7 Å². The number of rotatable bonds is 4. The first-order chi connectivity index (χ1) is 9.56. The summed E-state index contributed by atoms with van der Waals surface area (Å²) in [5.74, 6) is 0.203. The molecule has 1 aliphatic carbocycles. The monoisotopic (exact) mass is 278 g/mol. The highest BCUT2D eigenvalue weighted by atomic mass is 16.5. The van der Waals surface area contributed by atoms with Crippen LogP contribution in [0.1, 0.15) is 42.5 Å². The zero-order chi connectivity index (χ0) is 14.6. The summed E-state index contributed by atoms with van der Waals surface area (Å²) in [6.07, 6.45) is 4.64. The van der Waals surface area contributed by atoms with E-state index in [0.717, 1.165) is 32.1 Å². The molecule has 5 nitrogen and oxygen atoms in total. The number of hydrogen-bond acceptors (Lipinski definition) is 4. The van der Waals surface area contributed by atoms with Gasteiger partial charge >= 0.3 is 0 Å². The molecule has 0 spiro atoms. The number of nitrogens with one attached hydrogen (secondary N) is 1. The zero-order valence-corrected chi connectivity index (χ0v) is 11.8. The van der Waals surface area contributed by atoms with Crippen molar-refractivity contribution < 1.29 is 14.6 Å². The molecule has 2 rings (SSSR count). The molecule has 0 radical (unpaired) electrons. The predicted octanol–water partition coefficient (Wildman–Crippen LogP) is 1.70. The molecule has 1 aliphatic rings. The van der Waals surface area contributed by atoms with Gasteiger partial charge in [0.1, 0.15) is 5.75 Å². The van der Waals surface area contributed by atoms with E-state index in [1.807, 2.05) is 0 Å². The Labute approximate surface area is 119 Å². The number of benzene rings is 1. The number of methoxy groups -OCH3 is 1. The lowest BCUT2D eigenvalue weighted by atomic mass is 9.85.